The maximum absolute atomic E-state index is 12.1. The molecule has 21 heavy (non-hydrogen) atoms. The Morgan fingerprint density at radius 2 is 2.19 bits per heavy atom. The zero-order valence-corrected chi connectivity index (χ0v) is 12.9. The van der Waals surface area contributed by atoms with Crippen LogP contribution < -0.4 is 10.6 Å². The van der Waals surface area contributed by atoms with Crippen molar-refractivity contribution >= 4 is 18.3 Å². The van der Waals surface area contributed by atoms with Gasteiger partial charge in [0.1, 0.15) is 0 Å². The van der Waals surface area contributed by atoms with Gasteiger partial charge in [-0.1, -0.05) is 24.3 Å². The smallest absolute Gasteiger partial charge is 0.220 e. The van der Waals surface area contributed by atoms with Crippen LogP contribution in [0.1, 0.15) is 36.4 Å². The molecule has 0 radical (unpaired) electrons. The Balaban J connectivity index is 0.00000161. The van der Waals surface area contributed by atoms with Crippen LogP contribution in [0.5, 0.6) is 0 Å². The first-order chi connectivity index (χ1) is 9.74. The van der Waals surface area contributed by atoms with Gasteiger partial charge in [-0.25, -0.2) is 0 Å². The molecule has 5 heteroatoms. The molecule has 1 fully saturated rings. The summed E-state index contributed by atoms with van der Waals surface area (Å²) in [5.41, 5.74) is 2.21. The van der Waals surface area contributed by atoms with Crippen LogP contribution in [0.2, 0.25) is 0 Å². The Kier molecular flexibility index (Phi) is 5.62. The predicted molar refractivity (Wildman–Crippen MR) is 84.5 cm³/mol. The van der Waals surface area contributed by atoms with Crippen LogP contribution in [0, 0.1) is 5.92 Å². The summed E-state index contributed by atoms with van der Waals surface area (Å²) in [5.74, 6) is 0.680. The number of halogens is 1. The van der Waals surface area contributed by atoms with Crippen molar-refractivity contribution in [2.75, 3.05) is 13.1 Å². The van der Waals surface area contributed by atoms with E-state index in [4.69, 9.17) is 0 Å². The average Bonchev–Trinajstić information content (AvgIpc) is 3.06. The van der Waals surface area contributed by atoms with E-state index in [1.165, 1.54) is 6.42 Å². The van der Waals surface area contributed by atoms with Gasteiger partial charge in [0.25, 0.3) is 0 Å². The van der Waals surface area contributed by atoms with Crippen LogP contribution in [-0.2, 0) is 11.2 Å². The SMILES string of the molecule is Cl.O=C(CCC1CCNC1)N[C@@H]1c2ccccc2C[C@@H]1O. The molecule has 1 aromatic carbocycles. The number of fused-ring (bicyclic) bond motifs is 1. The molecular formula is C16H23ClN2O2. The summed E-state index contributed by atoms with van der Waals surface area (Å²) in [6.07, 6.45) is 2.79. The molecule has 2 aliphatic rings. The Hall–Kier alpha value is -1.10. The van der Waals surface area contributed by atoms with Crippen LogP contribution in [0.4, 0.5) is 0 Å². The summed E-state index contributed by atoms with van der Waals surface area (Å²) >= 11 is 0. The highest BCUT2D eigenvalue weighted by Crippen LogP contribution is 2.31. The van der Waals surface area contributed by atoms with Crippen molar-refractivity contribution in [1.82, 2.24) is 10.6 Å². The lowest BCUT2D eigenvalue weighted by Gasteiger charge is -2.18. The minimum atomic E-state index is -0.496. The summed E-state index contributed by atoms with van der Waals surface area (Å²) in [4.78, 5) is 12.1. The molecule has 1 amide bonds. The fourth-order valence-electron chi connectivity index (χ4n) is 3.29. The summed E-state index contributed by atoms with van der Waals surface area (Å²) < 4.78 is 0. The minimum absolute atomic E-state index is 0. The topological polar surface area (TPSA) is 61.4 Å². The molecule has 1 heterocycles. The molecule has 4 nitrogen and oxygen atoms in total. The molecular weight excluding hydrogens is 288 g/mol. The first-order valence-electron chi connectivity index (χ1n) is 7.50. The average molecular weight is 311 g/mol. The van der Waals surface area contributed by atoms with Gasteiger partial charge in [0.15, 0.2) is 0 Å². The van der Waals surface area contributed by atoms with Gasteiger partial charge in [-0.3, -0.25) is 4.79 Å². The Labute approximate surface area is 131 Å². The van der Waals surface area contributed by atoms with Gasteiger partial charge in [-0.2, -0.15) is 0 Å². The fourth-order valence-corrected chi connectivity index (χ4v) is 3.29. The quantitative estimate of drug-likeness (QED) is 0.791. The number of aliphatic hydroxyl groups is 1. The molecule has 0 saturated carbocycles. The lowest BCUT2D eigenvalue weighted by atomic mass is 10.0. The monoisotopic (exact) mass is 310 g/mol. The van der Waals surface area contributed by atoms with Crippen LogP contribution >= 0.6 is 12.4 Å². The van der Waals surface area contributed by atoms with E-state index in [-0.39, 0.29) is 24.4 Å². The van der Waals surface area contributed by atoms with Gasteiger partial charge in [0.05, 0.1) is 12.1 Å². The van der Waals surface area contributed by atoms with Crippen molar-refractivity contribution in [2.24, 2.45) is 5.92 Å². The van der Waals surface area contributed by atoms with E-state index in [0.29, 0.717) is 18.8 Å². The maximum atomic E-state index is 12.1. The van der Waals surface area contributed by atoms with Crippen molar-refractivity contribution in [1.29, 1.82) is 0 Å². The molecule has 1 aromatic rings. The fraction of sp³-hybridized carbons (Fsp3) is 0.562. The number of hydrogen-bond acceptors (Lipinski definition) is 3. The first kappa shape index (κ1) is 16.3. The summed E-state index contributed by atoms with van der Waals surface area (Å²) in [6, 6.07) is 7.72. The van der Waals surface area contributed by atoms with Crippen LogP contribution in [0.3, 0.4) is 0 Å². The largest absolute Gasteiger partial charge is 0.390 e. The van der Waals surface area contributed by atoms with Gasteiger partial charge in [-0.15, -0.1) is 12.4 Å². The molecule has 0 bridgehead atoms. The lowest BCUT2D eigenvalue weighted by molar-refractivity contribution is -0.122. The summed E-state index contributed by atoms with van der Waals surface area (Å²) in [6.45, 7) is 2.10. The van der Waals surface area contributed by atoms with E-state index in [2.05, 4.69) is 10.6 Å². The highest BCUT2D eigenvalue weighted by Gasteiger charge is 2.31. The molecule has 3 N–H and O–H groups in total. The number of aliphatic hydroxyl groups excluding tert-OH is 1. The molecule has 0 spiro atoms. The van der Waals surface area contributed by atoms with Crippen molar-refractivity contribution in [3.63, 3.8) is 0 Å². The van der Waals surface area contributed by atoms with E-state index in [9.17, 15) is 9.90 Å². The van der Waals surface area contributed by atoms with E-state index in [0.717, 1.165) is 30.6 Å². The number of amides is 1. The molecule has 3 atom stereocenters. The van der Waals surface area contributed by atoms with Crippen LogP contribution in [-0.4, -0.2) is 30.2 Å². The van der Waals surface area contributed by atoms with Gasteiger partial charge < -0.3 is 15.7 Å². The standard InChI is InChI=1S/C16H22N2O2.ClH/c19-14-9-12-3-1-2-4-13(12)16(14)18-15(20)6-5-11-7-8-17-10-11;/h1-4,11,14,16-17,19H,5-10H2,(H,18,20);1H/t11?,14-,16+;/m0./s1. The maximum Gasteiger partial charge on any atom is 0.220 e. The molecule has 0 aromatic heterocycles. The Bertz CT molecular complexity index is 489. The normalized spacial score (nSPS) is 27.0. The summed E-state index contributed by atoms with van der Waals surface area (Å²) in [5, 5.41) is 16.4. The van der Waals surface area contributed by atoms with Crippen LogP contribution in [0.25, 0.3) is 0 Å². The van der Waals surface area contributed by atoms with Crippen molar-refractivity contribution in [2.45, 2.75) is 37.8 Å². The summed E-state index contributed by atoms with van der Waals surface area (Å²) in [7, 11) is 0. The number of carbonyl (C=O) groups excluding carboxylic acids is 1. The third-order valence-corrected chi connectivity index (χ3v) is 4.46. The van der Waals surface area contributed by atoms with Gasteiger partial charge >= 0.3 is 0 Å². The molecule has 3 rings (SSSR count). The number of benzene rings is 1. The first-order valence-corrected chi connectivity index (χ1v) is 7.50. The highest BCUT2D eigenvalue weighted by atomic mass is 35.5. The zero-order valence-electron chi connectivity index (χ0n) is 12.0. The van der Waals surface area contributed by atoms with E-state index >= 15 is 0 Å². The molecule has 1 saturated heterocycles. The second-order valence-electron chi connectivity index (χ2n) is 5.91. The van der Waals surface area contributed by atoms with E-state index in [1.807, 2.05) is 24.3 Å². The van der Waals surface area contributed by atoms with Gasteiger partial charge in [-0.05, 0) is 43.0 Å². The second kappa shape index (κ2) is 7.25. The molecule has 1 aliphatic heterocycles. The van der Waals surface area contributed by atoms with Crippen molar-refractivity contribution in [3.05, 3.63) is 35.4 Å². The number of hydrogen-bond donors (Lipinski definition) is 3. The second-order valence-corrected chi connectivity index (χ2v) is 5.91. The number of rotatable bonds is 4. The van der Waals surface area contributed by atoms with Gasteiger partial charge in [0, 0.05) is 12.8 Å². The molecule has 116 valence electrons. The number of nitrogens with one attached hydrogen (secondary N) is 2. The molecule has 1 aliphatic carbocycles. The van der Waals surface area contributed by atoms with E-state index < -0.39 is 6.10 Å². The molecule has 1 unspecified atom stereocenters. The number of carbonyl (C=O) groups is 1. The van der Waals surface area contributed by atoms with Crippen LogP contribution in [0.15, 0.2) is 24.3 Å². The third kappa shape index (κ3) is 3.76. The van der Waals surface area contributed by atoms with Crippen molar-refractivity contribution < 1.29 is 9.90 Å². The van der Waals surface area contributed by atoms with Gasteiger partial charge in [0.2, 0.25) is 5.91 Å². The predicted octanol–water partition coefficient (Wildman–Crippen LogP) is 1.57. The highest BCUT2D eigenvalue weighted by molar-refractivity contribution is 5.85. The Morgan fingerprint density at radius 3 is 2.95 bits per heavy atom. The minimum Gasteiger partial charge on any atom is -0.390 e. The lowest BCUT2D eigenvalue weighted by Crippen LogP contribution is -2.34. The third-order valence-electron chi connectivity index (χ3n) is 4.46. The van der Waals surface area contributed by atoms with Crippen molar-refractivity contribution in [3.8, 4) is 0 Å². The van der Waals surface area contributed by atoms with E-state index in [1.54, 1.807) is 0 Å². The Morgan fingerprint density at radius 1 is 1.38 bits per heavy atom. The zero-order chi connectivity index (χ0) is 13.9.